The van der Waals surface area contributed by atoms with Crippen molar-refractivity contribution in [1.29, 1.82) is 5.26 Å². The van der Waals surface area contributed by atoms with Gasteiger partial charge in [-0.2, -0.15) is 5.26 Å². The van der Waals surface area contributed by atoms with Gasteiger partial charge in [-0.1, -0.05) is 6.07 Å². The second-order valence-corrected chi connectivity index (χ2v) is 3.07. The Balaban J connectivity index is 2.99. The van der Waals surface area contributed by atoms with Gasteiger partial charge in [-0.05, 0) is 18.6 Å². The van der Waals surface area contributed by atoms with E-state index in [0.717, 1.165) is 0 Å². The Morgan fingerprint density at radius 1 is 1.56 bits per heavy atom. The van der Waals surface area contributed by atoms with Crippen molar-refractivity contribution < 1.29 is 10.0 Å². The van der Waals surface area contributed by atoms with Crippen molar-refractivity contribution in [2.24, 2.45) is 0 Å². The molecule has 84 valence electrons. The number of para-hydroxylation sites is 1. The molecule has 6 nitrogen and oxygen atoms in total. The van der Waals surface area contributed by atoms with Crippen molar-refractivity contribution in [3.8, 4) is 6.07 Å². The lowest BCUT2D eigenvalue weighted by Gasteiger charge is -2.06. The first-order valence-corrected chi connectivity index (χ1v) is 4.73. The molecule has 0 aromatic heterocycles. The van der Waals surface area contributed by atoms with Gasteiger partial charge in [0.2, 0.25) is 0 Å². The molecule has 0 aliphatic carbocycles. The fourth-order valence-corrected chi connectivity index (χ4v) is 1.28. The van der Waals surface area contributed by atoms with Gasteiger partial charge < -0.3 is 10.4 Å². The summed E-state index contributed by atoms with van der Waals surface area (Å²) in [5, 5.41) is 31.0. The Bertz CT molecular complexity index is 426. The van der Waals surface area contributed by atoms with E-state index < -0.39 is 4.92 Å². The molecule has 6 heteroatoms. The lowest BCUT2D eigenvalue weighted by atomic mass is 10.1. The third kappa shape index (κ3) is 2.68. The van der Waals surface area contributed by atoms with Gasteiger partial charge >= 0.3 is 5.69 Å². The summed E-state index contributed by atoms with van der Waals surface area (Å²) in [6, 6.07) is 6.29. The maximum atomic E-state index is 10.8. The maximum Gasteiger partial charge on any atom is 0.309 e. The van der Waals surface area contributed by atoms with E-state index >= 15 is 0 Å². The van der Waals surface area contributed by atoms with Crippen molar-refractivity contribution >= 4 is 11.4 Å². The van der Waals surface area contributed by atoms with Crippen LogP contribution in [-0.2, 0) is 0 Å². The largest absolute Gasteiger partial charge is 0.396 e. The summed E-state index contributed by atoms with van der Waals surface area (Å²) in [5.41, 5.74) is 0.111. The standard InChI is InChI=1S/C10H11N3O3/c11-7-8-3-1-4-9(10(8)13(15)16)12-5-2-6-14/h1,3-4,12,14H,2,5-6H2. The third-order valence-corrected chi connectivity index (χ3v) is 1.99. The molecule has 0 saturated carbocycles. The fraction of sp³-hybridized carbons (Fsp3) is 0.300. The van der Waals surface area contributed by atoms with E-state index in [1.54, 1.807) is 12.1 Å². The van der Waals surface area contributed by atoms with Gasteiger partial charge in [-0.15, -0.1) is 0 Å². The van der Waals surface area contributed by atoms with Gasteiger partial charge in [0.25, 0.3) is 0 Å². The van der Waals surface area contributed by atoms with E-state index in [0.29, 0.717) is 18.7 Å². The van der Waals surface area contributed by atoms with Gasteiger partial charge in [0.15, 0.2) is 0 Å². The first-order valence-electron chi connectivity index (χ1n) is 4.73. The second-order valence-electron chi connectivity index (χ2n) is 3.07. The van der Waals surface area contributed by atoms with Crippen LogP contribution < -0.4 is 5.32 Å². The summed E-state index contributed by atoms with van der Waals surface area (Å²) in [6.07, 6.45) is 0.494. The van der Waals surface area contributed by atoms with Crippen LogP contribution in [0.4, 0.5) is 11.4 Å². The summed E-state index contributed by atoms with van der Waals surface area (Å²) in [5.74, 6) is 0. The summed E-state index contributed by atoms with van der Waals surface area (Å²) < 4.78 is 0. The topological polar surface area (TPSA) is 99.2 Å². The average molecular weight is 221 g/mol. The van der Waals surface area contributed by atoms with E-state index in [9.17, 15) is 10.1 Å². The van der Waals surface area contributed by atoms with Crippen molar-refractivity contribution in [3.63, 3.8) is 0 Å². The van der Waals surface area contributed by atoms with Crippen molar-refractivity contribution in [2.75, 3.05) is 18.5 Å². The number of nitro groups is 1. The number of benzene rings is 1. The van der Waals surface area contributed by atoms with Crippen LogP contribution in [0.1, 0.15) is 12.0 Å². The lowest BCUT2D eigenvalue weighted by Crippen LogP contribution is -2.06. The highest BCUT2D eigenvalue weighted by Crippen LogP contribution is 2.27. The predicted molar refractivity (Wildman–Crippen MR) is 58.0 cm³/mol. The normalized spacial score (nSPS) is 9.50. The molecule has 0 atom stereocenters. The number of aliphatic hydroxyl groups excluding tert-OH is 1. The quantitative estimate of drug-likeness (QED) is 0.443. The molecule has 0 saturated heterocycles. The van der Waals surface area contributed by atoms with E-state index in [2.05, 4.69) is 5.32 Å². The minimum absolute atomic E-state index is 0.0126. The molecule has 0 unspecified atom stereocenters. The summed E-state index contributed by atoms with van der Waals surface area (Å²) in [4.78, 5) is 10.2. The van der Waals surface area contributed by atoms with Crippen LogP contribution in [-0.4, -0.2) is 23.2 Å². The molecule has 16 heavy (non-hydrogen) atoms. The van der Waals surface area contributed by atoms with E-state index in [1.807, 2.05) is 0 Å². The highest BCUT2D eigenvalue weighted by Gasteiger charge is 2.18. The molecular weight excluding hydrogens is 210 g/mol. The van der Waals surface area contributed by atoms with E-state index in [-0.39, 0.29) is 17.9 Å². The molecule has 2 N–H and O–H groups in total. The van der Waals surface area contributed by atoms with Crippen LogP contribution >= 0.6 is 0 Å². The third-order valence-electron chi connectivity index (χ3n) is 1.99. The first-order chi connectivity index (χ1) is 7.70. The molecule has 0 bridgehead atoms. The van der Waals surface area contributed by atoms with Crippen molar-refractivity contribution in [1.82, 2.24) is 0 Å². The summed E-state index contributed by atoms with van der Waals surface area (Å²) >= 11 is 0. The second kappa shape index (κ2) is 5.68. The Labute approximate surface area is 92.3 Å². The molecule has 0 aliphatic heterocycles. The molecule has 1 rings (SSSR count). The molecule has 0 radical (unpaired) electrons. The van der Waals surface area contributed by atoms with Crippen LogP contribution in [0.15, 0.2) is 18.2 Å². The molecule has 0 spiro atoms. The Kier molecular flexibility index (Phi) is 4.24. The number of hydrogen-bond acceptors (Lipinski definition) is 5. The number of aliphatic hydroxyl groups is 1. The van der Waals surface area contributed by atoms with Crippen LogP contribution in [0.2, 0.25) is 0 Å². The molecule has 0 aliphatic rings. The van der Waals surface area contributed by atoms with Gasteiger partial charge in [-0.25, -0.2) is 0 Å². The van der Waals surface area contributed by atoms with Crippen LogP contribution in [0.25, 0.3) is 0 Å². The first kappa shape index (κ1) is 11.9. The minimum atomic E-state index is -0.583. The van der Waals surface area contributed by atoms with Crippen LogP contribution in [0.3, 0.4) is 0 Å². The molecule has 0 amide bonds. The van der Waals surface area contributed by atoms with Gasteiger partial charge in [0, 0.05) is 13.2 Å². The molecule has 1 aromatic rings. The molecule has 0 heterocycles. The monoisotopic (exact) mass is 221 g/mol. The van der Waals surface area contributed by atoms with Crippen molar-refractivity contribution in [2.45, 2.75) is 6.42 Å². The number of nitriles is 1. The average Bonchev–Trinajstić information content (AvgIpc) is 2.28. The Morgan fingerprint density at radius 2 is 2.31 bits per heavy atom. The van der Waals surface area contributed by atoms with Crippen molar-refractivity contribution in [3.05, 3.63) is 33.9 Å². The number of nitrogens with zero attached hydrogens (tertiary/aromatic N) is 2. The summed E-state index contributed by atoms with van der Waals surface area (Å²) in [6.45, 7) is 0.435. The van der Waals surface area contributed by atoms with Crippen LogP contribution in [0, 0.1) is 21.4 Å². The van der Waals surface area contributed by atoms with Gasteiger partial charge in [-0.3, -0.25) is 10.1 Å². The zero-order chi connectivity index (χ0) is 12.0. The number of anilines is 1. The maximum absolute atomic E-state index is 10.8. The predicted octanol–water partition coefficient (Wildman–Crippen LogP) is 1.26. The number of hydrogen-bond donors (Lipinski definition) is 2. The molecule has 0 fully saturated rings. The molecule has 1 aromatic carbocycles. The lowest BCUT2D eigenvalue weighted by molar-refractivity contribution is -0.384. The molecular formula is C10H11N3O3. The number of rotatable bonds is 5. The Morgan fingerprint density at radius 3 is 2.88 bits per heavy atom. The fourth-order valence-electron chi connectivity index (χ4n) is 1.28. The zero-order valence-electron chi connectivity index (χ0n) is 8.51. The zero-order valence-corrected chi connectivity index (χ0v) is 8.51. The van der Waals surface area contributed by atoms with Gasteiger partial charge in [0.05, 0.1) is 4.92 Å². The van der Waals surface area contributed by atoms with Gasteiger partial charge in [0.1, 0.15) is 17.3 Å². The van der Waals surface area contributed by atoms with Crippen LogP contribution in [0.5, 0.6) is 0 Å². The van der Waals surface area contributed by atoms with E-state index in [1.165, 1.54) is 12.1 Å². The Hall–Kier alpha value is -2.13. The highest BCUT2D eigenvalue weighted by molar-refractivity contribution is 5.68. The minimum Gasteiger partial charge on any atom is -0.396 e. The van der Waals surface area contributed by atoms with E-state index in [4.69, 9.17) is 10.4 Å². The number of nitro benzene ring substituents is 1. The number of nitrogens with one attached hydrogen (secondary N) is 1. The summed E-state index contributed by atoms with van der Waals surface area (Å²) in [7, 11) is 0. The smallest absolute Gasteiger partial charge is 0.309 e. The SMILES string of the molecule is N#Cc1cccc(NCCCO)c1[N+](=O)[O-]. The highest BCUT2D eigenvalue weighted by atomic mass is 16.6.